The summed E-state index contributed by atoms with van der Waals surface area (Å²) in [5, 5.41) is 10.0. The Kier molecular flexibility index (Phi) is 12.4. The van der Waals surface area contributed by atoms with Crippen LogP contribution in [0.1, 0.15) is 32.1 Å². The van der Waals surface area contributed by atoms with Crippen LogP contribution >= 0.6 is 11.8 Å². The summed E-state index contributed by atoms with van der Waals surface area (Å²) in [6.45, 7) is 3.60. The molecule has 16 heteroatoms. The van der Waals surface area contributed by atoms with Crippen LogP contribution in [0.3, 0.4) is 0 Å². The number of nitrogens with one attached hydrogen (secondary N) is 3. The first-order chi connectivity index (χ1) is 22.9. The highest BCUT2D eigenvalue weighted by Gasteiger charge is 2.42. The Morgan fingerprint density at radius 2 is 1.77 bits per heavy atom. The van der Waals surface area contributed by atoms with Gasteiger partial charge in [-0.3, -0.25) is 9.59 Å². The molecular formula is C31H46N8O7S. The van der Waals surface area contributed by atoms with Gasteiger partial charge in [0, 0.05) is 61.6 Å². The van der Waals surface area contributed by atoms with Gasteiger partial charge in [-0.15, -0.1) is 0 Å². The summed E-state index contributed by atoms with van der Waals surface area (Å²) >= 11 is 1.92. The highest BCUT2D eigenvalue weighted by molar-refractivity contribution is 8.00. The number of nitrogens with two attached hydrogens (primary N) is 1. The van der Waals surface area contributed by atoms with E-state index in [4.69, 9.17) is 24.7 Å². The molecule has 0 radical (unpaired) electrons. The molecule has 5 rings (SSSR count). The van der Waals surface area contributed by atoms with Crippen molar-refractivity contribution in [2.75, 3.05) is 89.8 Å². The fraction of sp³-hybridized carbons (Fsp3) is 0.645. The van der Waals surface area contributed by atoms with Crippen molar-refractivity contribution >= 4 is 52.3 Å². The number of aromatic nitrogens is 2. The number of hydrogen-bond acceptors (Lipinski definition) is 12. The number of piperazine rings is 1. The summed E-state index contributed by atoms with van der Waals surface area (Å²) in [5.41, 5.74) is 6.89. The molecule has 3 fully saturated rings. The maximum atomic E-state index is 12.7. The van der Waals surface area contributed by atoms with E-state index < -0.39 is 0 Å². The molecule has 2 aromatic rings. The van der Waals surface area contributed by atoms with Crippen molar-refractivity contribution in [3.05, 3.63) is 12.1 Å². The predicted molar refractivity (Wildman–Crippen MR) is 179 cm³/mol. The molecule has 3 saturated heterocycles. The summed E-state index contributed by atoms with van der Waals surface area (Å²) < 4.78 is 21.8. The van der Waals surface area contributed by atoms with Crippen LogP contribution in [0, 0.1) is 0 Å². The molecule has 4 heterocycles. The summed E-state index contributed by atoms with van der Waals surface area (Å²) in [5.74, 6) is 2.88. The Hall–Kier alpha value is -3.76. The highest BCUT2D eigenvalue weighted by atomic mass is 32.2. The maximum absolute atomic E-state index is 12.7. The van der Waals surface area contributed by atoms with Crippen molar-refractivity contribution in [2.24, 2.45) is 0 Å². The zero-order valence-corrected chi connectivity index (χ0v) is 27.9. The summed E-state index contributed by atoms with van der Waals surface area (Å²) in [4.78, 5) is 49.2. The van der Waals surface area contributed by atoms with Crippen LogP contribution in [-0.2, 0) is 19.1 Å². The van der Waals surface area contributed by atoms with E-state index in [1.165, 1.54) is 0 Å². The lowest BCUT2D eigenvalue weighted by Crippen LogP contribution is -2.50. The average Bonchev–Trinajstić information content (AvgIpc) is 3.64. The molecule has 15 nitrogen and oxygen atoms in total. The van der Waals surface area contributed by atoms with E-state index >= 15 is 0 Å². The van der Waals surface area contributed by atoms with Crippen molar-refractivity contribution in [2.45, 2.75) is 49.4 Å². The van der Waals surface area contributed by atoms with Gasteiger partial charge >= 0.3 is 6.03 Å². The van der Waals surface area contributed by atoms with Gasteiger partial charge in [0.05, 0.1) is 51.6 Å². The Morgan fingerprint density at radius 3 is 2.55 bits per heavy atom. The lowest BCUT2D eigenvalue weighted by atomic mass is 10.0. The molecule has 3 aliphatic heterocycles. The van der Waals surface area contributed by atoms with Gasteiger partial charge < -0.3 is 50.4 Å². The zero-order valence-electron chi connectivity index (χ0n) is 27.1. The standard InChI is InChI=1S/C31H46N8O7S/c1-43-23-16-20-21(17-24(23)44-2)34-30(37-29(20)32)39-11-9-38(10-12-39)27(41)18-46-15-14-45-13-8-33-26(40)7-5-3-4-6-25-28-22(19-47-25)35-31(42)36-28/h16-17,22,25,28H,3-15,18-19H2,1-2H3,(H,33,40)(H2,32,34,37)(H2,35,36,42). The van der Waals surface area contributed by atoms with Crippen molar-refractivity contribution in [1.29, 1.82) is 0 Å². The first kappa shape index (κ1) is 34.6. The van der Waals surface area contributed by atoms with E-state index in [0.717, 1.165) is 31.4 Å². The number of nitrogen functional groups attached to an aromatic ring is 1. The number of hydrogen-bond donors (Lipinski definition) is 4. The second-order valence-corrected chi connectivity index (χ2v) is 13.0. The largest absolute Gasteiger partial charge is 0.493 e. The highest BCUT2D eigenvalue weighted by Crippen LogP contribution is 2.35. The van der Waals surface area contributed by atoms with Gasteiger partial charge in [0.25, 0.3) is 0 Å². The van der Waals surface area contributed by atoms with Crippen molar-refractivity contribution < 1.29 is 33.3 Å². The predicted octanol–water partition coefficient (Wildman–Crippen LogP) is 1.14. The second kappa shape index (κ2) is 16.9. The third-order valence-electron chi connectivity index (χ3n) is 8.63. The number of urea groups is 1. The molecule has 5 N–H and O–H groups in total. The number of anilines is 2. The Morgan fingerprint density at radius 1 is 1.00 bits per heavy atom. The van der Waals surface area contributed by atoms with Crippen LogP contribution in [0.15, 0.2) is 12.1 Å². The average molecular weight is 675 g/mol. The minimum Gasteiger partial charge on any atom is -0.493 e. The Labute approximate surface area is 278 Å². The first-order valence-corrected chi connectivity index (χ1v) is 17.2. The number of methoxy groups -OCH3 is 2. The number of rotatable bonds is 17. The number of fused-ring (bicyclic) bond motifs is 2. The third kappa shape index (κ3) is 9.20. The normalized spacial score (nSPS) is 20.6. The van der Waals surface area contributed by atoms with E-state index in [0.29, 0.717) is 98.4 Å². The summed E-state index contributed by atoms with van der Waals surface area (Å²) in [7, 11) is 3.13. The van der Waals surface area contributed by atoms with Gasteiger partial charge in [0.2, 0.25) is 17.8 Å². The first-order valence-electron chi connectivity index (χ1n) is 16.2. The van der Waals surface area contributed by atoms with E-state index in [1.54, 1.807) is 31.3 Å². The van der Waals surface area contributed by atoms with Gasteiger partial charge in [-0.05, 0) is 18.9 Å². The molecule has 0 bridgehead atoms. The lowest BCUT2D eigenvalue weighted by molar-refractivity contribution is -0.137. The lowest BCUT2D eigenvalue weighted by Gasteiger charge is -2.34. The topological polar surface area (TPSA) is 182 Å². The number of benzene rings is 1. The van der Waals surface area contributed by atoms with Crippen molar-refractivity contribution in [1.82, 2.24) is 30.8 Å². The number of amides is 4. The van der Waals surface area contributed by atoms with Gasteiger partial charge in [-0.2, -0.15) is 16.7 Å². The number of unbranched alkanes of at least 4 members (excludes halogenated alkanes) is 2. The minimum absolute atomic E-state index is 0.0205. The van der Waals surface area contributed by atoms with E-state index in [-0.39, 0.29) is 36.5 Å². The summed E-state index contributed by atoms with van der Waals surface area (Å²) in [6.07, 6.45) is 4.44. The van der Waals surface area contributed by atoms with Crippen LogP contribution < -0.4 is 36.1 Å². The SMILES string of the molecule is COc1cc2nc(N3CCN(C(=O)COCCOCCNC(=O)CCCCCC4SCC5NC(=O)NC54)CC3)nc(N)c2cc1OC. The number of ether oxygens (including phenoxy) is 4. The van der Waals surface area contributed by atoms with Crippen LogP contribution in [0.4, 0.5) is 16.6 Å². The maximum Gasteiger partial charge on any atom is 0.315 e. The summed E-state index contributed by atoms with van der Waals surface area (Å²) in [6, 6.07) is 3.98. The monoisotopic (exact) mass is 674 g/mol. The molecule has 0 saturated carbocycles. The van der Waals surface area contributed by atoms with Gasteiger partial charge in [0.15, 0.2) is 11.5 Å². The molecular weight excluding hydrogens is 628 g/mol. The van der Waals surface area contributed by atoms with Crippen LogP contribution in [0.25, 0.3) is 10.9 Å². The molecule has 1 aromatic carbocycles. The number of thioether (sulfide) groups is 1. The molecule has 0 aliphatic carbocycles. The van der Waals surface area contributed by atoms with E-state index in [1.807, 2.05) is 16.7 Å². The van der Waals surface area contributed by atoms with Crippen molar-refractivity contribution in [3.8, 4) is 11.5 Å². The smallest absolute Gasteiger partial charge is 0.315 e. The van der Waals surface area contributed by atoms with Gasteiger partial charge in [0.1, 0.15) is 12.4 Å². The molecule has 258 valence electrons. The van der Waals surface area contributed by atoms with E-state index in [9.17, 15) is 14.4 Å². The van der Waals surface area contributed by atoms with Crippen LogP contribution in [0.2, 0.25) is 0 Å². The minimum atomic E-state index is -0.0822. The number of nitrogens with zero attached hydrogens (tertiary/aromatic N) is 4. The zero-order chi connectivity index (χ0) is 33.2. The molecule has 3 aliphatic rings. The molecule has 3 atom stereocenters. The molecule has 1 aromatic heterocycles. The van der Waals surface area contributed by atoms with Crippen LogP contribution in [-0.4, -0.2) is 129 Å². The Balaban J connectivity index is 0.878. The van der Waals surface area contributed by atoms with E-state index in [2.05, 4.69) is 25.9 Å². The molecule has 4 amide bonds. The number of carbonyl (C=O) groups is 3. The second-order valence-electron chi connectivity index (χ2n) is 11.7. The third-order valence-corrected chi connectivity index (χ3v) is 10.1. The van der Waals surface area contributed by atoms with Gasteiger partial charge in [-0.25, -0.2) is 9.78 Å². The number of carbonyl (C=O) groups excluding carboxylic acids is 3. The molecule has 3 unspecified atom stereocenters. The molecule has 0 spiro atoms. The fourth-order valence-corrected chi connectivity index (χ4v) is 7.58. The molecule has 47 heavy (non-hydrogen) atoms. The Bertz CT molecular complexity index is 1390. The van der Waals surface area contributed by atoms with Gasteiger partial charge in [-0.1, -0.05) is 12.8 Å². The van der Waals surface area contributed by atoms with Crippen LogP contribution in [0.5, 0.6) is 11.5 Å². The fourth-order valence-electron chi connectivity index (χ4n) is 6.04. The quantitative estimate of drug-likeness (QED) is 0.139. The van der Waals surface area contributed by atoms with Crippen molar-refractivity contribution in [3.63, 3.8) is 0 Å².